The van der Waals surface area contributed by atoms with Gasteiger partial charge >= 0.3 is 0 Å². The fourth-order valence-electron chi connectivity index (χ4n) is 3.15. The molecule has 146 valence electrons. The number of benzene rings is 2. The van der Waals surface area contributed by atoms with Crippen LogP contribution in [0.5, 0.6) is 0 Å². The maximum Gasteiger partial charge on any atom is 0.243 e. The van der Waals surface area contributed by atoms with Crippen molar-refractivity contribution in [1.82, 2.24) is 9.21 Å². The fourth-order valence-corrected chi connectivity index (χ4v) is 4.57. The number of sulfonamides is 1. The normalized spacial score (nSPS) is 15.9. The summed E-state index contributed by atoms with van der Waals surface area (Å²) in [5.74, 6) is -0.495. The van der Waals surface area contributed by atoms with Crippen LogP contribution in [0.2, 0.25) is 0 Å². The van der Waals surface area contributed by atoms with Crippen molar-refractivity contribution in [3.63, 3.8) is 0 Å². The molecule has 2 aromatic rings. The Morgan fingerprint density at radius 2 is 1.75 bits per heavy atom. The molecule has 0 atom stereocenters. The predicted molar refractivity (Wildman–Crippen MR) is 102 cm³/mol. The molecule has 0 saturated carbocycles. The van der Waals surface area contributed by atoms with Crippen LogP contribution in [0, 0.1) is 17.1 Å². The van der Waals surface area contributed by atoms with E-state index >= 15 is 0 Å². The summed E-state index contributed by atoms with van der Waals surface area (Å²) < 4.78 is 41.0. The Kier molecular flexibility index (Phi) is 5.89. The molecule has 0 bridgehead atoms. The van der Waals surface area contributed by atoms with E-state index in [1.54, 1.807) is 0 Å². The number of nitriles is 1. The average Bonchev–Trinajstić information content (AvgIpc) is 2.70. The van der Waals surface area contributed by atoms with Crippen LogP contribution in [0.3, 0.4) is 0 Å². The maximum absolute atomic E-state index is 14.0. The molecular formula is C20H20FN3O3S. The number of carbonyl (C=O) groups excluding carboxylic acids is 1. The third-order valence-corrected chi connectivity index (χ3v) is 6.71. The molecule has 1 fully saturated rings. The van der Waals surface area contributed by atoms with E-state index in [1.807, 2.05) is 11.0 Å². The topological polar surface area (TPSA) is 81.5 Å². The van der Waals surface area contributed by atoms with Crippen LogP contribution < -0.4 is 0 Å². The van der Waals surface area contributed by atoms with E-state index < -0.39 is 10.0 Å². The summed E-state index contributed by atoms with van der Waals surface area (Å²) in [6.45, 7) is 3.25. The minimum Gasteiger partial charge on any atom is -0.296 e. The number of carbonyl (C=O) groups is 1. The Morgan fingerprint density at radius 3 is 2.32 bits per heavy atom. The quantitative estimate of drug-likeness (QED) is 0.719. The lowest BCUT2D eigenvalue weighted by Crippen LogP contribution is -2.48. The molecule has 1 saturated heterocycles. The smallest absolute Gasteiger partial charge is 0.243 e. The summed E-state index contributed by atoms with van der Waals surface area (Å²) in [5, 5.41) is 8.96. The van der Waals surface area contributed by atoms with Crippen LogP contribution in [-0.4, -0.2) is 49.6 Å². The monoisotopic (exact) mass is 401 g/mol. The van der Waals surface area contributed by atoms with Gasteiger partial charge in [0.15, 0.2) is 5.78 Å². The highest BCUT2D eigenvalue weighted by Gasteiger charge is 2.28. The van der Waals surface area contributed by atoms with E-state index in [9.17, 15) is 17.6 Å². The number of piperazine rings is 1. The summed E-state index contributed by atoms with van der Waals surface area (Å²) in [7, 11) is -3.64. The van der Waals surface area contributed by atoms with Gasteiger partial charge in [-0.15, -0.1) is 0 Å². The number of hydrogen-bond donors (Lipinski definition) is 0. The van der Waals surface area contributed by atoms with E-state index in [4.69, 9.17) is 5.26 Å². The van der Waals surface area contributed by atoms with Crippen molar-refractivity contribution in [3.8, 4) is 6.07 Å². The highest BCUT2D eigenvalue weighted by atomic mass is 32.2. The summed E-state index contributed by atoms with van der Waals surface area (Å²) in [6, 6.07) is 12.1. The van der Waals surface area contributed by atoms with E-state index in [0.717, 1.165) is 0 Å². The number of nitrogens with zero attached hydrogens (tertiary/aromatic N) is 3. The molecular weight excluding hydrogens is 381 g/mol. The van der Waals surface area contributed by atoms with Gasteiger partial charge in [-0.25, -0.2) is 12.8 Å². The van der Waals surface area contributed by atoms with Crippen LogP contribution in [0.15, 0.2) is 47.4 Å². The van der Waals surface area contributed by atoms with Crippen LogP contribution >= 0.6 is 0 Å². The van der Waals surface area contributed by atoms with Crippen molar-refractivity contribution < 1.29 is 17.6 Å². The first kappa shape index (κ1) is 20.1. The number of halogens is 1. The van der Waals surface area contributed by atoms with Gasteiger partial charge in [0.25, 0.3) is 0 Å². The van der Waals surface area contributed by atoms with Crippen molar-refractivity contribution in [3.05, 3.63) is 65.0 Å². The van der Waals surface area contributed by atoms with E-state index in [0.29, 0.717) is 36.3 Å². The number of rotatable bonds is 5. The van der Waals surface area contributed by atoms with E-state index in [2.05, 4.69) is 0 Å². The Bertz CT molecular complexity index is 1020. The Morgan fingerprint density at radius 1 is 1.11 bits per heavy atom. The van der Waals surface area contributed by atoms with E-state index in [-0.39, 0.29) is 29.6 Å². The van der Waals surface area contributed by atoms with Gasteiger partial charge < -0.3 is 0 Å². The van der Waals surface area contributed by atoms with Gasteiger partial charge in [0.1, 0.15) is 5.82 Å². The van der Waals surface area contributed by atoms with Crippen LogP contribution in [-0.2, 0) is 16.6 Å². The molecule has 0 aromatic heterocycles. The molecule has 0 spiro atoms. The maximum atomic E-state index is 14.0. The van der Waals surface area contributed by atoms with Gasteiger partial charge in [0.2, 0.25) is 10.0 Å². The van der Waals surface area contributed by atoms with Crippen molar-refractivity contribution >= 4 is 15.8 Å². The van der Waals surface area contributed by atoms with Crippen molar-refractivity contribution in [2.75, 3.05) is 26.2 Å². The van der Waals surface area contributed by atoms with Crippen LogP contribution in [0.25, 0.3) is 0 Å². The molecule has 6 nitrogen and oxygen atoms in total. The zero-order chi connectivity index (χ0) is 20.3. The largest absolute Gasteiger partial charge is 0.296 e. The standard InChI is InChI=1S/C20H20FN3O3S/c1-15(25)17-3-5-19(6-4-17)28(26,27)24-10-8-23(9-11-24)14-18-12-16(13-22)2-7-20(18)21/h2-7,12H,8-11,14H2,1H3. The minimum atomic E-state index is -3.64. The molecule has 1 aliphatic heterocycles. The molecule has 28 heavy (non-hydrogen) atoms. The lowest BCUT2D eigenvalue weighted by Gasteiger charge is -2.34. The third-order valence-electron chi connectivity index (χ3n) is 4.80. The first-order valence-corrected chi connectivity index (χ1v) is 10.3. The Labute approximate surface area is 163 Å². The Hall–Kier alpha value is -2.60. The highest BCUT2D eigenvalue weighted by Crippen LogP contribution is 2.20. The molecule has 0 radical (unpaired) electrons. The SMILES string of the molecule is CC(=O)c1ccc(S(=O)(=O)N2CCN(Cc3cc(C#N)ccc3F)CC2)cc1. The van der Waals surface area contributed by atoms with Gasteiger partial charge in [-0.1, -0.05) is 12.1 Å². The van der Waals surface area contributed by atoms with Gasteiger partial charge in [-0.3, -0.25) is 9.69 Å². The van der Waals surface area contributed by atoms with Crippen molar-refractivity contribution in [2.24, 2.45) is 0 Å². The second-order valence-electron chi connectivity index (χ2n) is 6.68. The zero-order valence-corrected chi connectivity index (χ0v) is 16.2. The molecule has 8 heteroatoms. The molecule has 1 aliphatic rings. The summed E-state index contributed by atoms with van der Waals surface area (Å²) in [4.78, 5) is 13.5. The molecule has 2 aromatic carbocycles. The molecule has 0 unspecified atom stereocenters. The Balaban J connectivity index is 1.66. The summed E-state index contributed by atoms with van der Waals surface area (Å²) >= 11 is 0. The average molecular weight is 401 g/mol. The van der Waals surface area contributed by atoms with Crippen LogP contribution in [0.1, 0.15) is 28.4 Å². The van der Waals surface area contributed by atoms with E-state index in [1.165, 1.54) is 53.7 Å². The third kappa shape index (κ3) is 4.28. The highest BCUT2D eigenvalue weighted by molar-refractivity contribution is 7.89. The minimum absolute atomic E-state index is 0.120. The predicted octanol–water partition coefficient (Wildman–Crippen LogP) is 2.41. The van der Waals surface area contributed by atoms with Gasteiger partial charge in [0, 0.05) is 43.9 Å². The summed E-state index contributed by atoms with van der Waals surface area (Å²) in [6.07, 6.45) is 0. The second-order valence-corrected chi connectivity index (χ2v) is 8.62. The van der Waals surface area contributed by atoms with Gasteiger partial charge in [-0.2, -0.15) is 9.57 Å². The first-order chi connectivity index (χ1) is 13.3. The van der Waals surface area contributed by atoms with Crippen molar-refractivity contribution in [2.45, 2.75) is 18.4 Å². The lowest BCUT2D eigenvalue weighted by atomic mass is 10.1. The van der Waals surface area contributed by atoms with Gasteiger partial charge in [-0.05, 0) is 37.3 Å². The second kappa shape index (κ2) is 8.19. The number of ketones is 1. The number of hydrogen-bond acceptors (Lipinski definition) is 5. The van der Waals surface area contributed by atoms with Crippen molar-refractivity contribution in [1.29, 1.82) is 5.26 Å². The molecule has 0 aliphatic carbocycles. The first-order valence-electron chi connectivity index (χ1n) is 8.83. The lowest BCUT2D eigenvalue weighted by molar-refractivity contribution is 0.101. The molecule has 0 amide bonds. The number of Topliss-reactive ketones (excluding diaryl/α,β-unsaturated/α-hetero) is 1. The van der Waals surface area contributed by atoms with Crippen LogP contribution in [0.4, 0.5) is 4.39 Å². The molecule has 1 heterocycles. The zero-order valence-electron chi connectivity index (χ0n) is 15.4. The molecule has 3 rings (SSSR count). The fraction of sp³-hybridized carbons (Fsp3) is 0.300. The molecule has 0 N–H and O–H groups in total. The van der Waals surface area contributed by atoms with Gasteiger partial charge in [0.05, 0.1) is 16.5 Å². The summed E-state index contributed by atoms with van der Waals surface area (Å²) in [5.41, 5.74) is 1.28.